The van der Waals surface area contributed by atoms with Crippen molar-refractivity contribution >= 4 is 5.97 Å². The van der Waals surface area contributed by atoms with Crippen LogP contribution in [0.2, 0.25) is 0 Å². The summed E-state index contributed by atoms with van der Waals surface area (Å²) in [4.78, 5) is 11.0. The van der Waals surface area contributed by atoms with Gasteiger partial charge in [-0.3, -0.25) is 0 Å². The average Bonchev–Trinajstić information content (AvgIpc) is 2.53. The fourth-order valence-corrected chi connectivity index (χ4v) is 1.75. The molecule has 0 aliphatic rings. The summed E-state index contributed by atoms with van der Waals surface area (Å²) >= 11 is 0. The van der Waals surface area contributed by atoms with Crippen LogP contribution in [-0.4, -0.2) is 13.1 Å². The largest absolute Gasteiger partial charge is 0.489 e. The molecule has 0 saturated heterocycles. The van der Waals surface area contributed by atoms with E-state index in [9.17, 15) is 13.6 Å². The number of carbonyl (C=O) groups excluding carboxylic acids is 1. The predicted octanol–water partition coefficient (Wildman–Crippen LogP) is 3.53. The number of hydrogen-bond donors (Lipinski definition) is 0. The SMILES string of the molecule is COC(=O)C(F)(F)c1ccc(OCc2ccccc2)cc1. The Hall–Kier alpha value is -2.43. The van der Waals surface area contributed by atoms with Crippen LogP contribution in [0.25, 0.3) is 0 Å². The first-order chi connectivity index (χ1) is 10.0. The molecule has 3 nitrogen and oxygen atoms in total. The van der Waals surface area contributed by atoms with Crippen molar-refractivity contribution in [2.45, 2.75) is 12.5 Å². The molecule has 0 spiro atoms. The molecule has 2 aromatic carbocycles. The van der Waals surface area contributed by atoms with E-state index in [0.717, 1.165) is 24.8 Å². The molecular formula is C16H14F2O3. The third-order valence-electron chi connectivity index (χ3n) is 2.91. The van der Waals surface area contributed by atoms with Crippen LogP contribution in [-0.2, 0) is 22.1 Å². The maximum Gasteiger partial charge on any atom is 0.381 e. The number of alkyl halides is 2. The summed E-state index contributed by atoms with van der Waals surface area (Å²) in [5.41, 5.74) is 0.544. The highest BCUT2D eigenvalue weighted by Gasteiger charge is 2.42. The lowest BCUT2D eigenvalue weighted by Crippen LogP contribution is -2.27. The third kappa shape index (κ3) is 3.56. The molecule has 0 N–H and O–H groups in total. The molecular weight excluding hydrogens is 278 g/mol. The maximum atomic E-state index is 13.6. The topological polar surface area (TPSA) is 35.5 Å². The first kappa shape index (κ1) is 15.0. The van der Waals surface area contributed by atoms with Gasteiger partial charge in [0.05, 0.1) is 7.11 Å². The summed E-state index contributed by atoms with van der Waals surface area (Å²) in [5, 5.41) is 0. The molecule has 0 bridgehead atoms. The fraction of sp³-hybridized carbons (Fsp3) is 0.188. The van der Waals surface area contributed by atoms with Gasteiger partial charge in [0.1, 0.15) is 12.4 Å². The zero-order valence-electron chi connectivity index (χ0n) is 11.4. The average molecular weight is 292 g/mol. The lowest BCUT2D eigenvalue weighted by Gasteiger charge is -2.14. The number of benzene rings is 2. The van der Waals surface area contributed by atoms with Crippen LogP contribution in [0.4, 0.5) is 8.78 Å². The Morgan fingerprint density at radius 3 is 2.24 bits per heavy atom. The molecule has 0 heterocycles. The van der Waals surface area contributed by atoms with Crippen LogP contribution < -0.4 is 4.74 Å². The minimum Gasteiger partial charge on any atom is -0.489 e. The monoisotopic (exact) mass is 292 g/mol. The lowest BCUT2D eigenvalue weighted by atomic mass is 10.1. The molecule has 110 valence electrons. The van der Waals surface area contributed by atoms with Gasteiger partial charge in [0, 0.05) is 5.56 Å². The third-order valence-corrected chi connectivity index (χ3v) is 2.91. The molecule has 0 amide bonds. The lowest BCUT2D eigenvalue weighted by molar-refractivity contribution is -0.170. The molecule has 5 heteroatoms. The summed E-state index contributed by atoms with van der Waals surface area (Å²) in [6.07, 6.45) is 0. The van der Waals surface area contributed by atoms with Gasteiger partial charge in [-0.1, -0.05) is 30.3 Å². The zero-order valence-corrected chi connectivity index (χ0v) is 11.4. The van der Waals surface area contributed by atoms with E-state index in [1.165, 1.54) is 12.1 Å². The predicted molar refractivity (Wildman–Crippen MR) is 73.1 cm³/mol. The molecule has 0 atom stereocenters. The van der Waals surface area contributed by atoms with Gasteiger partial charge < -0.3 is 9.47 Å². The number of rotatable bonds is 5. The molecule has 0 saturated carbocycles. The van der Waals surface area contributed by atoms with Crippen molar-refractivity contribution in [2.24, 2.45) is 0 Å². The standard InChI is InChI=1S/C16H14F2O3/c1-20-15(19)16(17,18)13-7-9-14(10-8-13)21-11-12-5-3-2-4-6-12/h2-10H,11H2,1H3. The zero-order chi connectivity index (χ0) is 15.3. The van der Waals surface area contributed by atoms with Crippen molar-refractivity contribution in [3.63, 3.8) is 0 Å². The van der Waals surface area contributed by atoms with Gasteiger partial charge in [-0.25, -0.2) is 4.79 Å². The summed E-state index contributed by atoms with van der Waals surface area (Å²) in [7, 11) is 0.924. The second-order valence-corrected chi connectivity index (χ2v) is 4.36. The van der Waals surface area contributed by atoms with Crippen LogP contribution in [0.1, 0.15) is 11.1 Å². The Morgan fingerprint density at radius 1 is 1.05 bits per heavy atom. The van der Waals surface area contributed by atoms with Gasteiger partial charge in [-0.2, -0.15) is 8.78 Å². The molecule has 0 aliphatic heterocycles. The van der Waals surface area contributed by atoms with Gasteiger partial charge in [-0.15, -0.1) is 0 Å². The molecule has 0 aromatic heterocycles. The minimum absolute atomic E-state index is 0.341. The van der Waals surface area contributed by atoms with Crippen molar-refractivity contribution < 1.29 is 23.0 Å². The molecule has 0 aliphatic carbocycles. The first-order valence-corrected chi connectivity index (χ1v) is 6.27. The molecule has 2 rings (SSSR count). The first-order valence-electron chi connectivity index (χ1n) is 6.27. The minimum atomic E-state index is -3.66. The number of halogens is 2. The quantitative estimate of drug-likeness (QED) is 0.791. The van der Waals surface area contributed by atoms with Gasteiger partial charge in [-0.05, 0) is 29.8 Å². The summed E-state index contributed by atoms with van der Waals surface area (Å²) < 4.78 is 36.8. The van der Waals surface area contributed by atoms with E-state index in [-0.39, 0.29) is 0 Å². The number of methoxy groups -OCH3 is 1. The van der Waals surface area contributed by atoms with E-state index >= 15 is 0 Å². The number of hydrogen-bond acceptors (Lipinski definition) is 3. The van der Waals surface area contributed by atoms with Crippen molar-refractivity contribution in [3.05, 3.63) is 65.7 Å². The van der Waals surface area contributed by atoms with Crippen LogP contribution >= 0.6 is 0 Å². The highest BCUT2D eigenvalue weighted by Crippen LogP contribution is 2.30. The number of ether oxygens (including phenoxy) is 2. The molecule has 2 aromatic rings. The Labute approximate surface area is 121 Å². The van der Waals surface area contributed by atoms with Crippen molar-refractivity contribution in [1.29, 1.82) is 0 Å². The Balaban J connectivity index is 2.04. The van der Waals surface area contributed by atoms with E-state index in [4.69, 9.17) is 4.74 Å². The number of esters is 1. The molecule has 21 heavy (non-hydrogen) atoms. The fourth-order valence-electron chi connectivity index (χ4n) is 1.75. The van der Waals surface area contributed by atoms with Gasteiger partial charge in [0.25, 0.3) is 0 Å². The Kier molecular flexibility index (Phi) is 4.52. The smallest absolute Gasteiger partial charge is 0.381 e. The van der Waals surface area contributed by atoms with Crippen LogP contribution in [0.5, 0.6) is 5.75 Å². The second kappa shape index (κ2) is 6.35. The summed E-state index contributed by atoms with van der Waals surface area (Å²) in [6, 6.07) is 14.6. The van der Waals surface area contributed by atoms with Gasteiger partial charge in [0.15, 0.2) is 0 Å². The van der Waals surface area contributed by atoms with Crippen molar-refractivity contribution in [3.8, 4) is 5.75 Å². The van der Waals surface area contributed by atoms with Crippen LogP contribution in [0.15, 0.2) is 54.6 Å². The maximum absolute atomic E-state index is 13.6. The Bertz CT molecular complexity index is 595. The van der Waals surface area contributed by atoms with E-state index in [1.54, 1.807) is 0 Å². The summed E-state index contributed by atoms with van der Waals surface area (Å²) in [6.45, 7) is 0.341. The number of carbonyl (C=O) groups is 1. The van der Waals surface area contributed by atoms with E-state index in [1.807, 2.05) is 30.3 Å². The highest BCUT2D eigenvalue weighted by atomic mass is 19.3. The Morgan fingerprint density at radius 2 is 1.67 bits per heavy atom. The van der Waals surface area contributed by atoms with E-state index in [0.29, 0.717) is 12.4 Å². The van der Waals surface area contributed by atoms with Gasteiger partial charge >= 0.3 is 11.9 Å². The van der Waals surface area contributed by atoms with Crippen LogP contribution in [0, 0.1) is 0 Å². The molecule has 0 unspecified atom stereocenters. The normalized spacial score (nSPS) is 11.0. The summed E-state index contributed by atoms with van der Waals surface area (Å²) in [5.74, 6) is -4.80. The van der Waals surface area contributed by atoms with Crippen molar-refractivity contribution in [1.82, 2.24) is 0 Å². The van der Waals surface area contributed by atoms with E-state index < -0.39 is 17.5 Å². The highest BCUT2D eigenvalue weighted by molar-refractivity contribution is 5.79. The molecule has 0 fully saturated rings. The van der Waals surface area contributed by atoms with Crippen LogP contribution in [0.3, 0.4) is 0 Å². The van der Waals surface area contributed by atoms with Crippen molar-refractivity contribution in [2.75, 3.05) is 7.11 Å². The van der Waals surface area contributed by atoms with E-state index in [2.05, 4.69) is 4.74 Å². The molecule has 0 radical (unpaired) electrons. The van der Waals surface area contributed by atoms with Gasteiger partial charge in [0.2, 0.25) is 0 Å². The second-order valence-electron chi connectivity index (χ2n) is 4.36.